The number of aliphatic hydroxyl groups excluding tert-OH is 1. The van der Waals surface area contributed by atoms with Crippen LogP contribution in [-0.2, 0) is 4.74 Å². The fraction of sp³-hybridized carbons (Fsp3) is 0.667. The summed E-state index contributed by atoms with van der Waals surface area (Å²) in [6.07, 6.45) is -0.675. The summed E-state index contributed by atoms with van der Waals surface area (Å²) in [7, 11) is 0. The molecule has 1 heterocycles. The average molecular weight is 228 g/mol. The third-order valence-electron chi connectivity index (χ3n) is 2.32. The van der Waals surface area contributed by atoms with E-state index in [0.717, 1.165) is 4.88 Å². The predicted octanol–water partition coefficient (Wildman–Crippen LogP) is 3.23. The molecule has 1 aromatic heterocycles. The highest BCUT2D eigenvalue weighted by molar-refractivity contribution is 7.10. The molecule has 2 nitrogen and oxygen atoms in total. The Morgan fingerprint density at radius 2 is 2.13 bits per heavy atom. The molecule has 0 aliphatic carbocycles. The standard InChI is InChI=1S/C12H20O2S/c1-5-14-11(12(2,3)4)10(13)9-7-6-8-15-9/h6-8,10-11,13H,5H2,1-4H3. The first kappa shape index (κ1) is 12.7. The van der Waals surface area contributed by atoms with Crippen molar-refractivity contribution in [3.8, 4) is 0 Å². The van der Waals surface area contributed by atoms with Crippen molar-refractivity contribution in [2.45, 2.75) is 39.9 Å². The molecule has 0 spiro atoms. The number of hydrogen-bond acceptors (Lipinski definition) is 3. The Bertz CT molecular complexity index is 274. The van der Waals surface area contributed by atoms with Gasteiger partial charge in [0.05, 0.1) is 6.10 Å². The van der Waals surface area contributed by atoms with Crippen LogP contribution in [-0.4, -0.2) is 17.8 Å². The molecule has 15 heavy (non-hydrogen) atoms. The number of hydrogen-bond donors (Lipinski definition) is 1. The zero-order valence-corrected chi connectivity index (χ0v) is 10.7. The van der Waals surface area contributed by atoms with Gasteiger partial charge in [-0.05, 0) is 23.8 Å². The van der Waals surface area contributed by atoms with Gasteiger partial charge in [0.15, 0.2) is 0 Å². The van der Waals surface area contributed by atoms with E-state index in [9.17, 15) is 5.11 Å². The van der Waals surface area contributed by atoms with Gasteiger partial charge in [-0.25, -0.2) is 0 Å². The fourth-order valence-corrected chi connectivity index (χ4v) is 2.34. The molecule has 86 valence electrons. The predicted molar refractivity (Wildman–Crippen MR) is 64.1 cm³/mol. The van der Waals surface area contributed by atoms with Gasteiger partial charge in [-0.15, -0.1) is 11.3 Å². The van der Waals surface area contributed by atoms with Crippen LogP contribution >= 0.6 is 11.3 Å². The molecule has 0 aliphatic heterocycles. The van der Waals surface area contributed by atoms with E-state index in [-0.39, 0.29) is 11.5 Å². The monoisotopic (exact) mass is 228 g/mol. The first-order valence-corrected chi connectivity index (χ1v) is 6.18. The van der Waals surface area contributed by atoms with E-state index in [2.05, 4.69) is 20.8 Å². The first-order valence-electron chi connectivity index (χ1n) is 5.30. The average Bonchev–Trinajstić information content (AvgIpc) is 2.63. The van der Waals surface area contributed by atoms with Crippen molar-refractivity contribution in [3.05, 3.63) is 22.4 Å². The lowest BCUT2D eigenvalue weighted by atomic mass is 9.85. The maximum atomic E-state index is 10.2. The number of rotatable bonds is 4. The van der Waals surface area contributed by atoms with Gasteiger partial charge in [0.1, 0.15) is 6.10 Å². The lowest BCUT2D eigenvalue weighted by Crippen LogP contribution is -2.35. The zero-order chi connectivity index (χ0) is 11.5. The van der Waals surface area contributed by atoms with Crippen molar-refractivity contribution in [3.63, 3.8) is 0 Å². The largest absolute Gasteiger partial charge is 0.385 e. The highest BCUT2D eigenvalue weighted by Crippen LogP contribution is 2.34. The second-order valence-corrected chi connectivity index (χ2v) is 5.68. The van der Waals surface area contributed by atoms with E-state index in [1.54, 1.807) is 11.3 Å². The Hall–Kier alpha value is -0.380. The van der Waals surface area contributed by atoms with E-state index >= 15 is 0 Å². The second kappa shape index (κ2) is 5.10. The quantitative estimate of drug-likeness (QED) is 0.857. The Balaban J connectivity index is 2.81. The molecule has 1 aromatic rings. The van der Waals surface area contributed by atoms with Crippen molar-refractivity contribution in [2.75, 3.05) is 6.61 Å². The summed E-state index contributed by atoms with van der Waals surface area (Å²) in [5.74, 6) is 0. The van der Waals surface area contributed by atoms with Gasteiger partial charge in [-0.1, -0.05) is 26.8 Å². The van der Waals surface area contributed by atoms with Crippen LogP contribution in [0.2, 0.25) is 0 Å². The van der Waals surface area contributed by atoms with Gasteiger partial charge in [-0.2, -0.15) is 0 Å². The Labute approximate surface area is 95.9 Å². The zero-order valence-electron chi connectivity index (χ0n) is 9.86. The summed E-state index contributed by atoms with van der Waals surface area (Å²) in [4.78, 5) is 0.975. The Morgan fingerprint density at radius 3 is 2.53 bits per heavy atom. The summed E-state index contributed by atoms with van der Waals surface area (Å²) >= 11 is 1.57. The normalized spacial score (nSPS) is 16.3. The molecule has 0 radical (unpaired) electrons. The molecule has 0 aliphatic rings. The Kier molecular flexibility index (Phi) is 4.32. The summed E-state index contributed by atoms with van der Waals surface area (Å²) < 4.78 is 5.65. The van der Waals surface area contributed by atoms with Crippen molar-refractivity contribution in [1.29, 1.82) is 0 Å². The van der Waals surface area contributed by atoms with Crippen LogP contribution in [0.15, 0.2) is 17.5 Å². The number of aliphatic hydroxyl groups is 1. The molecule has 1 N–H and O–H groups in total. The van der Waals surface area contributed by atoms with Crippen molar-refractivity contribution >= 4 is 11.3 Å². The van der Waals surface area contributed by atoms with Gasteiger partial charge in [0.25, 0.3) is 0 Å². The third kappa shape index (κ3) is 3.30. The molecule has 0 aromatic carbocycles. The first-order chi connectivity index (χ1) is 6.96. The lowest BCUT2D eigenvalue weighted by molar-refractivity contribution is -0.0886. The van der Waals surface area contributed by atoms with Crippen molar-refractivity contribution in [1.82, 2.24) is 0 Å². The summed E-state index contributed by atoms with van der Waals surface area (Å²) in [6, 6.07) is 3.90. The summed E-state index contributed by atoms with van der Waals surface area (Å²) in [5, 5.41) is 12.2. The highest BCUT2D eigenvalue weighted by atomic mass is 32.1. The molecule has 0 bridgehead atoms. The molecule has 0 fully saturated rings. The van der Waals surface area contributed by atoms with Crippen LogP contribution in [0.1, 0.15) is 38.7 Å². The maximum absolute atomic E-state index is 10.2. The lowest BCUT2D eigenvalue weighted by Gasteiger charge is -2.33. The molecule has 2 atom stereocenters. The van der Waals surface area contributed by atoms with Crippen LogP contribution in [0.25, 0.3) is 0 Å². The topological polar surface area (TPSA) is 29.5 Å². The van der Waals surface area contributed by atoms with E-state index in [1.165, 1.54) is 0 Å². The molecule has 0 amide bonds. The van der Waals surface area contributed by atoms with Gasteiger partial charge in [0.2, 0.25) is 0 Å². The highest BCUT2D eigenvalue weighted by Gasteiger charge is 2.33. The Morgan fingerprint density at radius 1 is 1.47 bits per heavy atom. The minimum Gasteiger partial charge on any atom is -0.385 e. The van der Waals surface area contributed by atoms with E-state index in [1.807, 2.05) is 24.4 Å². The fourth-order valence-electron chi connectivity index (χ4n) is 1.60. The van der Waals surface area contributed by atoms with E-state index in [0.29, 0.717) is 6.61 Å². The van der Waals surface area contributed by atoms with Crippen LogP contribution in [0, 0.1) is 5.41 Å². The van der Waals surface area contributed by atoms with Gasteiger partial charge >= 0.3 is 0 Å². The van der Waals surface area contributed by atoms with Crippen LogP contribution < -0.4 is 0 Å². The van der Waals surface area contributed by atoms with Gasteiger partial charge in [0, 0.05) is 11.5 Å². The van der Waals surface area contributed by atoms with Crippen LogP contribution in [0.3, 0.4) is 0 Å². The van der Waals surface area contributed by atoms with E-state index in [4.69, 9.17) is 4.74 Å². The number of thiophene rings is 1. The molecule has 2 unspecified atom stereocenters. The van der Waals surface area contributed by atoms with Gasteiger partial charge in [-0.3, -0.25) is 0 Å². The van der Waals surface area contributed by atoms with Crippen molar-refractivity contribution < 1.29 is 9.84 Å². The molecule has 0 saturated heterocycles. The minimum atomic E-state index is -0.523. The van der Waals surface area contributed by atoms with Crippen molar-refractivity contribution in [2.24, 2.45) is 5.41 Å². The maximum Gasteiger partial charge on any atom is 0.115 e. The minimum absolute atomic E-state index is 0.0561. The molecule has 0 saturated carbocycles. The van der Waals surface area contributed by atoms with Crippen LogP contribution in [0.5, 0.6) is 0 Å². The third-order valence-corrected chi connectivity index (χ3v) is 3.26. The van der Waals surface area contributed by atoms with Gasteiger partial charge < -0.3 is 9.84 Å². The van der Waals surface area contributed by atoms with Crippen LogP contribution in [0.4, 0.5) is 0 Å². The number of ether oxygens (including phenoxy) is 1. The molecular weight excluding hydrogens is 208 g/mol. The van der Waals surface area contributed by atoms with E-state index < -0.39 is 6.10 Å². The molecule has 1 rings (SSSR count). The molecule has 3 heteroatoms. The summed E-state index contributed by atoms with van der Waals surface area (Å²) in [6.45, 7) is 8.85. The second-order valence-electron chi connectivity index (χ2n) is 4.70. The summed E-state index contributed by atoms with van der Waals surface area (Å²) in [5.41, 5.74) is -0.0561. The molecular formula is C12H20O2S. The smallest absolute Gasteiger partial charge is 0.115 e. The SMILES string of the molecule is CCOC(C(O)c1cccs1)C(C)(C)C.